The number of carbonyl (C=O) groups excluding carboxylic acids is 1. The summed E-state index contributed by atoms with van der Waals surface area (Å²) in [5, 5.41) is 0. The van der Waals surface area contributed by atoms with Gasteiger partial charge in [0.15, 0.2) is 5.78 Å². The lowest BCUT2D eigenvalue weighted by Gasteiger charge is -2.35. The van der Waals surface area contributed by atoms with Gasteiger partial charge in [0.1, 0.15) is 0 Å². The minimum atomic E-state index is 0.259. The van der Waals surface area contributed by atoms with Gasteiger partial charge in [-0.25, -0.2) is 0 Å². The van der Waals surface area contributed by atoms with Gasteiger partial charge in [0, 0.05) is 51.3 Å². The van der Waals surface area contributed by atoms with Crippen molar-refractivity contribution in [2.45, 2.75) is 20.3 Å². The van der Waals surface area contributed by atoms with E-state index in [0.29, 0.717) is 6.42 Å². The van der Waals surface area contributed by atoms with Crippen molar-refractivity contribution in [2.24, 2.45) is 5.92 Å². The molecule has 110 valence electrons. The van der Waals surface area contributed by atoms with Crippen LogP contribution in [-0.4, -0.2) is 54.9 Å². The van der Waals surface area contributed by atoms with E-state index in [2.05, 4.69) is 23.6 Å². The first-order valence-corrected chi connectivity index (χ1v) is 7.68. The van der Waals surface area contributed by atoms with Gasteiger partial charge >= 0.3 is 0 Å². The average Bonchev–Trinajstić information content (AvgIpc) is 2.46. The Morgan fingerprint density at radius 3 is 2.25 bits per heavy atom. The quantitative estimate of drug-likeness (QED) is 0.745. The van der Waals surface area contributed by atoms with Gasteiger partial charge < -0.3 is 9.80 Å². The van der Waals surface area contributed by atoms with Crippen LogP contribution < -0.4 is 0 Å². The van der Waals surface area contributed by atoms with E-state index in [0.717, 1.165) is 44.2 Å². The van der Waals surface area contributed by atoms with E-state index in [9.17, 15) is 4.79 Å². The number of ketones is 1. The van der Waals surface area contributed by atoms with Crippen LogP contribution >= 0.6 is 0 Å². The van der Waals surface area contributed by atoms with Crippen molar-refractivity contribution in [1.82, 2.24) is 9.80 Å². The molecule has 1 fully saturated rings. The molecule has 0 N–H and O–H groups in total. The molecule has 1 saturated heterocycles. The summed E-state index contributed by atoms with van der Waals surface area (Å²) in [7, 11) is 0. The lowest BCUT2D eigenvalue weighted by Crippen LogP contribution is -2.47. The molecule has 0 bridgehead atoms. The third-order valence-electron chi connectivity index (χ3n) is 3.84. The van der Waals surface area contributed by atoms with E-state index in [1.54, 1.807) is 0 Å². The highest BCUT2D eigenvalue weighted by molar-refractivity contribution is 5.96. The number of nitrogens with zero attached hydrogens (tertiary/aromatic N) is 2. The third kappa shape index (κ3) is 4.73. The molecule has 0 saturated carbocycles. The smallest absolute Gasteiger partial charge is 0.164 e. The largest absolute Gasteiger partial charge is 0.301 e. The fourth-order valence-electron chi connectivity index (χ4n) is 2.74. The van der Waals surface area contributed by atoms with E-state index in [1.807, 2.05) is 30.3 Å². The lowest BCUT2D eigenvalue weighted by molar-refractivity contribution is 0.0918. The van der Waals surface area contributed by atoms with Gasteiger partial charge in [0.25, 0.3) is 0 Å². The third-order valence-corrected chi connectivity index (χ3v) is 3.84. The standard InChI is InChI=1S/C17H26N2O/c1-15(2)14-19-12-10-18(11-13-19)9-8-17(20)16-6-4-3-5-7-16/h3-7,15H,8-14H2,1-2H3. The maximum Gasteiger partial charge on any atom is 0.164 e. The van der Waals surface area contributed by atoms with Gasteiger partial charge in [0.2, 0.25) is 0 Å². The molecule has 3 heteroatoms. The number of rotatable bonds is 6. The molecule has 1 aliphatic rings. The van der Waals surface area contributed by atoms with Crippen LogP contribution in [0.25, 0.3) is 0 Å². The zero-order valence-corrected chi connectivity index (χ0v) is 12.7. The maximum atomic E-state index is 12.1. The monoisotopic (exact) mass is 274 g/mol. The molecule has 2 rings (SSSR count). The number of hydrogen-bond donors (Lipinski definition) is 0. The molecule has 0 atom stereocenters. The molecule has 0 unspecified atom stereocenters. The van der Waals surface area contributed by atoms with Crippen LogP contribution in [0, 0.1) is 5.92 Å². The maximum absolute atomic E-state index is 12.1. The number of carbonyl (C=O) groups is 1. The first-order valence-electron chi connectivity index (χ1n) is 7.68. The predicted molar refractivity (Wildman–Crippen MR) is 83.1 cm³/mol. The Kier molecular flexibility index (Phi) is 5.74. The fourth-order valence-corrected chi connectivity index (χ4v) is 2.74. The van der Waals surface area contributed by atoms with Gasteiger partial charge in [-0.2, -0.15) is 0 Å². The van der Waals surface area contributed by atoms with Gasteiger partial charge in [0.05, 0.1) is 0 Å². The molecule has 20 heavy (non-hydrogen) atoms. The van der Waals surface area contributed by atoms with Crippen molar-refractivity contribution in [1.29, 1.82) is 0 Å². The molecule has 3 nitrogen and oxygen atoms in total. The van der Waals surface area contributed by atoms with Crippen molar-refractivity contribution in [3.8, 4) is 0 Å². The van der Waals surface area contributed by atoms with Crippen LogP contribution in [0.15, 0.2) is 30.3 Å². The van der Waals surface area contributed by atoms with E-state index in [4.69, 9.17) is 0 Å². The fraction of sp³-hybridized carbons (Fsp3) is 0.588. The summed E-state index contributed by atoms with van der Waals surface area (Å²) in [5.41, 5.74) is 0.839. The summed E-state index contributed by atoms with van der Waals surface area (Å²) in [6.45, 7) is 11.1. The number of Topliss-reactive ketones (excluding diaryl/α,β-unsaturated/α-hetero) is 1. The van der Waals surface area contributed by atoms with Crippen molar-refractivity contribution in [3.63, 3.8) is 0 Å². The summed E-state index contributed by atoms with van der Waals surface area (Å²) >= 11 is 0. The summed E-state index contributed by atoms with van der Waals surface area (Å²) in [6.07, 6.45) is 0.633. The minimum absolute atomic E-state index is 0.259. The predicted octanol–water partition coefficient (Wildman–Crippen LogP) is 2.53. The summed E-state index contributed by atoms with van der Waals surface area (Å²) < 4.78 is 0. The summed E-state index contributed by atoms with van der Waals surface area (Å²) in [5.74, 6) is 0.997. The lowest BCUT2D eigenvalue weighted by atomic mass is 10.1. The Labute approximate surface area is 122 Å². The minimum Gasteiger partial charge on any atom is -0.301 e. The SMILES string of the molecule is CC(C)CN1CCN(CCC(=O)c2ccccc2)CC1. The van der Waals surface area contributed by atoms with Crippen LogP contribution in [-0.2, 0) is 0 Å². The molecule has 0 radical (unpaired) electrons. The highest BCUT2D eigenvalue weighted by Crippen LogP contribution is 2.08. The van der Waals surface area contributed by atoms with Crippen LogP contribution in [0.5, 0.6) is 0 Å². The number of benzene rings is 1. The van der Waals surface area contributed by atoms with E-state index in [1.165, 1.54) is 6.54 Å². The Hall–Kier alpha value is -1.19. The van der Waals surface area contributed by atoms with E-state index < -0.39 is 0 Å². The van der Waals surface area contributed by atoms with Gasteiger partial charge in [-0.05, 0) is 5.92 Å². The second-order valence-electron chi connectivity index (χ2n) is 6.08. The Morgan fingerprint density at radius 2 is 1.65 bits per heavy atom. The van der Waals surface area contributed by atoms with Crippen LogP contribution in [0.2, 0.25) is 0 Å². The first-order chi connectivity index (χ1) is 9.65. The average molecular weight is 274 g/mol. The molecule has 0 amide bonds. The zero-order valence-electron chi connectivity index (χ0n) is 12.7. The highest BCUT2D eigenvalue weighted by Gasteiger charge is 2.18. The van der Waals surface area contributed by atoms with E-state index in [-0.39, 0.29) is 5.78 Å². The zero-order chi connectivity index (χ0) is 14.4. The Morgan fingerprint density at radius 1 is 1.05 bits per heavy atom. The number of hydrogen-bond acceptors (Lipinski definition) is 3. The molecule has 0 aliphatic carbocycles. The molecule has 0 aromatic heterocycles. The van der Waals surface area contributed by atoms with Crippen molar-refractivity contribution in [3.05, 3.63) is 35.9 Å². The first kappa shape index (κ1) is 15.2. The van der Waals surface area contributed by atoms with Crippen molar-refractivity contribution in [2.75, 3.05) is 39.3 Å². The summed E-state index contributed by atoms with van der Waals surface area (Å²) in [6, 6.07) is 9.62. The normalized spacial score (nSPS) is 17.6. The number of piperazine rings is 1. The second-order valence-corrected chi connectivity index (χ2v) is 6.08. The molecule has 1 aromatic carbocycles. The van der Waals surface area contributed by atoms with Crippen molar-refractivity contribution >= 4 is 5.78 Å². The molecular weight excluding hydrogens is 248 g/mol. The van der Waals surface area contributed by atoms with E-state index >= 15 is 0 Å². The topological polar surface area (TPSA) is 23.6 Å². The molecule has 0 spiro atoms. The Balaban J connectivity index is 1.70. The van der Waals surface area contributed by atoms with Gasteiger partial charge in [-0.15, -0.1) is 0 Å². The molecule has 1 aliphatic heterocycles. The van der Waals surface area contributed by atoms with Crippen LogP contribution in [0.1, 0.15) is 30.6 Å². The van der Waals surface area contributed by atoms with Gasteiger partial charge in [-0.3, -0.25) is 4.79 Å². The van der Waals surface area contributed by atoms with Crippen molar-refractivity contribution < 1.29 is 4.79 Å². The van der Waals surface area contributed by atoms with Crippen LogP contribution in [0.4, 0.5) is 0 Å². The second kappa shape index (κ2) is 7.55. The molecular formula is C17H26N2O. The molecule has 1 aromatic rings. The highest BCUT2D eigenvalue weighted by atomic mass is 16.1. The molecule has 1 heterocycles. The Bertz CT molecular complexity index is 408. The summed E-state index contributed by atoms with van der Waals surface area (Å²) in [4.78, 5) is 17.0. The van der Waals surface area contributed by atoms with Crippen LogP contribution in [0.3, 0.4) is 0 Å². The van der Waals surface area contributed by atoms with Gasteiger partial charge in [-0.1, -0.05) is 44.2 Å².